The summed E-state index contributed by atoms with van der Waals surface area (Å²) in [6.45, 7) is 1.11. The summed E-state index contributed by atoms with van der Waals surface area (Å²) >= 11 is 0. The van der Waals surface area contributed by atoms with Gasteiger partial charge in [-0.05, 0) is 36.5 Å². The van der Waals surface area contributed by atoms with Gasteiger partial charge < -0.3 is 0 Å². The minimum atomic E-state index is 1.08. The fourth-order valence-electron chi connectivity index (χ4n) is 10.8. The molecule has 1 heteroatoms. The molecule has 1 aliphatic heterocycles. The molecule has 5 rings (SSSR count). The summed E-state index contributed by atoms with van der Waals surface area (Å²) < 4.78 is 0. The van der Waals surface area contributed by atoms with Crippen LogP contribution in [0.25, 0.3) is 0 Å². The minimum Gasteiger partial charge on any atom is -0.0617 e. The Morgan fingerprint density at radius 3 is 1.00 bits per heavy atom. The molecule has 0 spiro atoms. The van der Waals surface area contributed by atoms with Crippen molar-refractivity contribution in [2.45, 2.75) is 184 Å². The number of rotatable bonds is 1. The van der Waals surface area contributed by atoms with Gasteiger partial charge in [-0.3, -0.25) is 0 Å². The zero-order valence-corrected chi connectivity index (χ0v) is 23.0. The zero-order valence-electron chi connectivity index (χ0n) is 23.0. The van der Waals surface area contributed by atoms with Crippen LogP contribution in [-0.2, 0) is 0 Å². The maximum Gasteiger partial charge on any atom is 0.150 e. The number of hydrogen-bond acceptors (Lipinski definition) is 0. The van der Waals surface area contributed by atoms with Crippen molar-refractivity contribution in [1.82, 2.24) is 0 Å². The van der Waals surface area contributed by atoms with Crippen LogP contribution in [0.2, 0.25) is 17.5 Å². The Morgan fingerprint density at radius 1 is 0.265 bits per heavy atom. The van der Waals surface area contributed by atoms with E-state index in [1.165, 1.54) is 32.1 Å². The predicted molar refractivity (Wildman–Crippen MR) is 151 cm³/mol. The summed E-state index contributed by atoms with van der Waals surface area (Å²) in [5, 5.41) is 0. The largest absolute Gasteiger partial charge is 0.150 e. The topological polar surface area (TPSA) is 0 Å². The van der Waals surface area contributed by atoms with Gasteiger partial charge in [0.1, 0.15) is 6.71 Å². The highest BCUT2D eigenvalue weighted by Crippen LogP contribution is 2.60. The molecule has 0 nitrogen and oxygen atoms in total. The average molecular weight is 467 g/mol. The first kappa shape index (κ1) is 25.7. The van der Waals surface area contributed by atoms with Crippen molar-refractivity contribution in [2.24, 2.45) is 23.7 Å². The van der Waals surface area contributed by atoms with Crippen molar-refractivity contribution in [2.75, 3.05) is 0 Å². The molecule has 0 aromatic carbocycles. The lowest BCUT2D eigenvalue weighted by atomic mass is 9.23. The summed E-state index contributed by atoms with van der Waals surface area (Å²) in [5.41, 5.74) is 0. The summed E-state index contributed by atoms with van der Waals surface area (Å²) in [4.78, 5) is 0. The summed E-state index contributed by atoms with van der Waals surface area (Å²) in [6, 6.07) is 0. The highest BCUT2D eigenvalue weighted by Gasteiger charge is 2.52. The second-order valence-electron chi connectivity index (χ2n) is 14.0. The van der Waals surface area contributed by atoms with E-state index in [0.29, 0.717) is 0 Å². The molecule has 0 aromatic rings. The van der Waals surface area contributed by atoms with Crippen molar-refractivity contribution in [3.8, 4) is 0 Å². The Bertz CT molecular complexity index is 561. The second kappa shape index (κ2) is 13.6. The second-order valence-corrected chi connectivity index (χ2v) is 14.0. The molecule has 1 heterocycles. The van der Waals surface area contributed by atoms with Crippen molar-refractivity contribution in [1.29, 1.82) is 0 Å². The Kier molecular flexibility index (Phi) is 10.3. The van der Waals surface area contributed by atoms with Crippen LogP contribution < -0.4 is 0 Å². The van der Waals surface area contributed by atoms with E-state index >= 15 is 0 Å². The quantitative estimate of drug-likeness (QED) is 0.337. The van der Waals surface area contributed by atoms with E-state index in [2.05, 4.69) is 0 Å². The van der Waals surface area contributed by atoms with Crippen molar-refractivity contribution < 1.29 is 0 Å². The van der Waals surface area contributed by atoms with Gasteiger partial charge in [0, 0.05) is 0 Å². The molecule has 4 saturated carbocycles. The van der Waals surface area contributed by atoms with Crippen molar-refractivity contribution in [3.63, 3.8) is 0 Å². The Balaban J connectivity index is 1.54. The molecule has 1 saturated heterocycles. The van der Waals surface area contributed by atoms with Crippen LogP contribution in [0, 0.1) is 23.7 Å². The molecular weight excluding hydrogens is 407 g/mol. The predicted octanol–water partition coefficient (Wildman–Crippen LogP) is 11.3. The van der Waals surface area contributed by atoms with Gasteiger partial charge in [0.2, 0.25) is 0 Å². The fourth-order valence-corrected chi connectivity index (χ4v) is 10.8. The number of fused-ring (bicyclic) bond motifs is 5. The third kappa shape index (κ3) is 6.30. The molecule has 34 heavy (non-hydrogen) atoms. The lowest BCUT2D eigenvalue weighted by Gasteiger charge is -2.42. The van der Waals surface area contributed by atoms with E-state index in [1.807, 2.05) is 0 Å². The molecule has 0 radical (unpaired) electrons. The first-order valence-corrected chi connectivity index (χ1v) is 16.9. The molecule has 194 valence electrons. The van der Waals surface area contributed by atoms with Crippen molar-refractivity contribution >= 4 is 6.71 Å². The Hall–Kier alpha value is 0.0649. The van der Waals surface area contributed by atoms with Gasteiger partial charge in [-0.2, -0.15) is 0 Å². The average Bonchev–Trinajstić information content (AvgIpc) is 2.95. The molecule has 5 fully saturated rings. The molecule has 6 unspecified atom stereocenters. The monoisotopic (exact) mass is 466 g/mol. The van der Waals surface area contributed by atoms with E-state index in [9.17, 15) is 0 Å². The molecular formula is C33H59B. The minimum absolute atomic E-state index is 1.08. The van der Waals surface area contributed by atoms with Crippen molar-refractivity contribution in [3.05, 3.63) is 0 Å². The van der Waals surface area contributed by atoms with Crippen LogP contribution in [0.5, 0.6) is 0 Å². The van der Waals surface area contributed by atoms with E-state index in [1.54, 1.807) is 135 Å². The van der Waals surface area contributed by atoms with Gasteiger partial charge in [-0.1, -0.05) is 172 Å². The standard InChI is InChI=1S/C33H59B/c1-2-5-12-20-27(19-11-4-1)34-32-25-17-7-3-6-13-23-30(32)28-21-15-10-16-22-29(28)31-24-14-8-9-18-26-33(31)34/h27-33H,1-26H2. The molecule has 0 amide bonds. The van der Waals surface area contributed by atoms with Crippen LogP contribution in [0.4, 0.5) is 0 Å². The van der Waals surface area contributed by atoms with Crippen LogP contribution in [0.3, 0.4) is 0 Å². The summed E-state index contributed by atoms with van der Waals surface area (Å²) in [5.74, 6) is 7.72. The zero-order chi connectivity index (χ0) is 23.0. The fraction of sp³-hybridized carbons (Fsp3) is 1.00. The van der Waals surface area contributed by atoms with E-state index in [0.717, 1.165) is 47.8 Å². The Morgan fingerprint density at radius 2 is 0.559 bits per heavy atom. The van der Waals surface area contributed by atoms with E-state index < -0.39 is 0 Å². The van der Waals surface area contributed by atoms with Crippen LogP contribution in [0.1, 0.15) is 167 Å². The molecule has 0 bridgehead atoms. The molecule has 4 aliphatic carbocycles. The summed E-state index contributed by atoms with van der Waals surface area (Å²) in [7, 11) is 0. The molecule has 0 aromatic heterocycles. The molecule has 5 aliphatic rings. The first-order valence-electron chi connectivity index (χ1n) is 16.9. The van der Waals surface area contributed by atoms with E-state index in [4.69, 9.17) is 0 Å². The third-order valence-corrected chi connectivity index (χ3v) is 12.2. The highest BCUT2D eigenvalue weighted by molar-refractivity contribution is 6.64. The molecule has 6 atom stereocenters. The molecule has 0 N–H and O–H groups in total. The SMILES string of the molecule is C1CCCCC(B2C3CCCCCCCC3C3CCCCCC3C3CCCCCCC23)CCC1. The lowest BCUT2D eigenvalue weighted by Crippen LogP contribution is -2.38. The van der Waals surface area contributed by atoms with Gasteiger partial charge in [0.15, 0.2) is 0 Å². The lowest BCUT2D eigenvalue weighted by molar-refractivity contribution is 0.129. The Labute approximate surface area is 214 Å². The van der Waals surface area contributed by atoms with Gasteiger partial charge in [0.25, 0.3) is 0 Å². The van der Waals surface area contributed by atoms with Crippen LogP contribution >= 0.6 is 0 Å². The van der Waals surface area contributed by atoms with Gasteiger partial charge in [-0.15, -0.1) is 0 Å². The highest BCUT2D eigenvalue weighted by atomic mass is 14.5. The summed E-state index contributed by atoms with van der Waals surface area (Å²) in [6.07, 6.45) is 40.8. The van der Waals surface area contributed by atoms with E-state index in [-0.39, 0.29) is 0 Å². The maximum absolute atomic E-state index is 1.62. The maximum atomic E-state index is 1.62. The first-order chi connectivity index (χ1) is 16.9. The number of hydrogen-bond donors (Lipinski definition) is 0. The van der Waals surface area contributed by atoms with Gasteiger partial charge >= 0.3 is 0 Å². The normalized spacial score (nSPS) is 40.1. The smallest absolute Gasteiger partial charge is 0.0617 e. The van der Waals surface area contributed by atoms with Crippen LogP contribution in [0.15, 0.2) is 0 Å². The third-order valence-electron chi connectivity index (χ3n) is 12.2. The van der Waals surface area contributed by atoms with Gasteiger partial charge in [0.05, 0.1) is 0 Å². The van der Waals surface area contributed by atoms with Crippen LogP contribution in [-0.4, -0.2) is 6.71 Å². The van der Waals surface area contributed by atoms with Gasteiger partial charge in [-0.25, -0.2) is 0 Å².